The summed E-state index contributed by atoms with van der Waals surface area (Å²) >= 11 is 0. The molecule has 7 nitrogen and oxygen atoms in total. The van der Waals surface area contributed by atoms with E-state index in [1.807, 2.05) is 54.6 Å². The van der Waals surface area contributed by atoms with Gasteiger partial charge < -0.3 is 24.4 Å². The number of carbonyl (C=O) groups is 1. The van der Waals surface area contributed by atoms with Crippen LogP contribution in [0.5, 0.6) is 5.75 Å². The van der Waals surface area contributed by atoms with E-state index in [0.717, 1.165) is 85.0 Å². The van der Waals surface area contributed by atoms with Crippen molar-refractivity contribution >= 4 is 28.6 Å². The number of nitrogens with zero attached hydrogens (tertiary/aromatic N) is 4. The van der Waals surface area contributed by atoms with Crippen LogP contribution in [-0.2, 0) is 13.2 Å². The second-order valence-corrected chi connectivity index (χ2v) is 13.6. The van der Waals surface area contributed by atoms with Crippen molar-refractivity contribution in [1.82, 2.24) is 19.4 Å². The van der Waals surface area contributed by atoms with Crippen molar-refractivity contribution in [3.05, 3.63) is 83.9 Å². The molecule has 1 fully saturated rings. The van der Waals surface area contributed by atoms with Crippen molar-refractivity contribution in [2.24, 2.45) is 11.8 Å². The van der Waals surface area contributed by atoms with Gasteiger partial charge in [-0.15, -0.1) is 0 Å². The SMILES string of the molecule is CC(C)CCN(CCC(C)C)C(=O)c1ccc2nc(Nc3cccc(OCc4ccccc4)c3)n(CCCN3CCCCC3)c2c1. The summed E-state index contributed by atoms with van der Waals surface area (Å²) in [6, 6.07) is 24.3. The first-order valence-corrected chi connectivity index (χ1v) is 17.4. The van der Waals surface area contributed by atoms with E-state index < -0.39 is 0 Å². The molecule has 0 unspecified atom stereocenters. The molecule has 0 spiro atoms. The Hall–Kier alpha value is -3.84. The number of nitrogens with one attached hydrogen (secondary N) is 1. The highest BCUT2D eigenvalue weighted by atomic mass is 16.5. The van der Waals surface area contributed by atoms with Gasteiger partial charge in [-0.05, 0) is 99.5 Å². The van der Waals surface area contributed by atoms with E-state index >= 15 is 0 Å². The minimum Gasteiger partial charge on any atom is -0.489 e. The van der Waals surface area contributed by atoms with Crippen molar-refractivity contribution in [3.63, 3.8) is 0 Å². The number of hydrogen-bond donors (Lipinski definition) is 1. The van der Waals surface area contributed by atoms with Crippen molar-refractivity contribution in [2.75, 3.05) is 38.0 Å². The molecule has 1 aliphatic rings. The average Bonchev–Trinajstić information content (AvgIpc) is 3.40. The quantitative estimate of drug-likeness (QED) is 0.135. The summed E-state index contributed by atoms with van der Waals surface area (Å²) < 4.78 is 8.37. The van der Waals surface area contributed by atoms with Crippen LogP contribution in [-0.4, -0.2) is 58.0 Å². The monoisotopic (exact) mass is 623 g/mol. The number of imidazole rings is 1. The number of aryl methyl sites for hydroxylation is 1. The zero-order valence-corrected chi connectivity index (χ0v) is 28.4. The summed E-state index contributed by atoms with van der Waals surface area (Å²) in [6.07, 6.45) is 6.95. The van der Waals surface area contributed by atoms with Crippen LogP contribution in [0.15, 0.2) is 72.8 Å². The Morgan fingerprint density at radius 1 is 0.870 bits per heavy atom. The number of benzene rings is 3. The Morgan fingerprint density at radius 3 is 2.33 bits per heavy atom. The van der Waals surface area contributed by atoms with Gasteiger partial charge in [0.15, 0.2) is 0 Å². The second kappa shape index (κ2) is 16.6. The molecule has 0 bridgehead atoms. The third-order valence-corrected chi connectivity index (χ3v) is 8.88. The maximum atomic E-state index is 13.9. The van der Waals surface area contributed by atoms with Crippen molar-refractivity contribution in [2.45, 2.75) is 79.4 Å². The molecule has 0 atom stereocenters. The van der Waals surface area contributed by atoms with Gasteiger partial charge in [0.05, 0.1) is 11.0 Å². The van der Waals surface area contributed by atoms with E-state index in [1.165, 1.54) is 32.4 Å². The summed E-state index contributed by atoms with van der Waals surface area (Å²) in [5, 5.41) is 3.59. The molecule has 1 aliphatic heterocycles. The van der Waals surface area contributed by atoms with E-state index in [9.17, 15) is 4.79 Å². The Bertz CT molecular complexity index is 1510. The van der Waals surface area contributed by atoms with Crippen LogP contribution < -0.4 is 10.1 Å². The van der Waals surface area contributed by atoms with Crippen molar-refractivity contribution in [1.29, 1.82) is 0 Å². The fraction of sp³-hybridized carbons (Fsp3) is 0.487. The molecule has 1 amide bonds. The predicted molar refractivity (Wildman–Crippen MR) is 190 cm³/mol. The average molecular weight is 624 g/mol. The Kier molecular flexibility index (Phi) is 12.1. The first-order chi connectivity index (χ1) is 22.4. The number of aromatic nitrogens is 2. The van der Waals surface area contributed by atoms with Gasteiger partial charge in [-0.2, -0.15) is 0 Å². The fourth-order valence-electron chi connectivity index (χ4n) is 6.07. The first kappa shape index (κ1) is 33.5. The molecule has 246 valence electrons. The van der Waals surface area contributed by atoms with Crippen LogP contribution in [0.3, 0.4) is 0 Å². The minimum absolute atomic E-state index is 0.113. The number of fused-ring (bicyclic) bond motifs is 1. The number of carbonyl (C=O) groups excluding carboxylic acids is 1. The molecule has 0 radical (unpaired) electrons. The molecule has 0 aliphatic carbocycles. The minimum atomic E-state index is 0.113. The van der Waals surface area contributed by atoms with Gasteiger partial charge in [0.2, 0.25) is 5.95 Å². The van der Waals surface area contributed by atoms with Crippen LogP contribution in [0.4, 0.5) is 11.6 Å². The third-order valence-electron chi connectivity index (χ3n) is 8.88. The van der Waals surface area contributed by atoms with Crippen molar-refractivity contribution < 1.29 is 9.53 Å². The molecule has 5 rings (SSSR count). The largest absolute Gasteiger partial charge is 0.489 e. The highest BCUT2D eigenvalue weighted by Gasteiger charge is 2.20. The van der Waals surface area contributed by atoms with Gasteiger partial charge in [-0.3, -0.25) is 4.79 Å². The summed E-state index contributed by atoms with van der Waals surface area (Å²) in [4.78, 5) is 23.6. The van der Waals surface area contributed by atoms with Gasteiger partial charge >= 0.3 is 0 Å². The van der Waals surface area contributed by atoms with Gasteiger partial charge in [-0.1, -0.05) is 70.5 Å². The predicted octanol–water partition coefficient (Wildman–Crippen LogP) is 8.77. The van der Waals surface area contributed by atoms with Gasteiger partial charge in [0.25, 0.3) is 5.91 Å². The number of rotatable bonds is 16. The Labute approximate surface area is 276 Å². The molecule has 1 saturated heterocycles. The summed E-state index contributed by atoms with van der Waals surface area (Å²) in [5.74, 6) is 2.80. The molecule has 4 aromatic rings. The number of likely N-dealkylation sites (tertiary alicyclic amines) is 1. The van der Waals surface area contributed by atoms with Crippen LogP contribution in [0.1, 0.15) is 82.1 Å². The van der Waals surface area contributed by atoms with Crippen molar-refractivity contribution in [3.8, 4) is 5.75 Å². The lowest BCUT2D eigenvalue weighted by Crippen LogP contribution is -2.34. The van der Waals surface area contributed by atoms with Gasteiger partial charge in [0.1, 0.15) is 12.4 Å². The summed E-state index contributed by atoms with van der Waals surface area (Å²) in [7, 11) is 0. The van der Waals surface area contributed by atoms with Crippen LogP contribution >= 0.6 is 0 Å². The Morgan fingerprint density at radius 2 is 1.61 bits per heavy atom. The van der Waals surface area contributed by atoms with E-state index in [1.54, 1.807) is 0 Å². The molecule has 1 N–H and O–H groups in total. The molecule has 2 heterocycles. The zero-order chi connectivity index (χ0) is 32.3. The molecular formula is C39H53N5O2. The number of amides is 1. The van der Waals surface area contributed by atoms with Crippen LogP contribution in [0.25, 0.3) is 11.0 Å². The number of hydrogen-bond acceptors (Lipinski definition) is 5. The highest BCUT2D eigenvalue weighted by Crippen LogP contribution is 2.27. The van der Waals surface area contributed by atoms with E-state index in [0.29, 0.717) is 18.4 Å². The molecular weight excluding hydrogens is 570 g/mol. The summed E-state index contributed by atoms with van der Waals surface area (Å²) in [6.45, 7) is 15.2. The lowest BCUT2D eigenvalue weighted by Gasteiger charge is -2.26. The normalized spacial score (nSPS) is 13.9. The summed E-state index contributed by atoms with van der Waals surface area (Å²) in [5.41, 5.74) is 4.68. The lowest BCUT2D eigenvalue weighted by molar-refractivity contribution is 0.0741. The zero-order valence-electron chi connectivity index (χ0n) is 28.4. The Balaban J connectivity index is 1.39. The van der Waals surface area contributed by atoms with E-state index in [2.05, 4.69) is 65.6 Å². The number of piperidine rings is 1. The number of anilines is 2. The standard InChI is InChI=1S/C39H53N5O2/c1-30(2)19-25-43(26-20-31(3)4)38(45)33-17-18-36-37(27-33)44(24-12-23-42-21-9-6-10-22-42)39(41-36)40-34-15-11-16-35(28-34)46-29-32-13-7-5-8-14-32/h5,7-8,11,13-18,27-28,30-31H,6,9-10,12,19-26,29H2,1-4H3,(H,40,41). The highest BCUT2D eigenvalue weighted by molar-refractivity contribution is 5.98. The molecule has 46 heavy (non-hydrogen) atoms. The van der Waals surface area contributed by atoms with Gasteiger partial charge in [0, 0.05) is 37.0 Å². The van der Waals surface area contributed by atoms with Gasteiger partial charge in [-0.25, -0.2) is 4.98 Å². The maximum absolute atomic E-state index is 13.9. The smallest absolute Gasteiger partial charge is 0.253 e. The molecule has 3 aromatic carbocycles. The van der Waals surface area contributed by atoms with Crippen LogP contribution in [0, 0.1) is 11.8 Å². The topological polar surface area (TPSA) is 62.6 Å². The lowest BCUT2D eigenvalue weighted by atomic mass is 10.1. The molecule has 1 aromatic heterocycles. The molecule has 7 heteroatoms. The number of ether oxygens (including phenoxy) is 1. The van der Waals surface area contributed by atoms with E-state index in [-0.39, 0.29) is 5.91 Å². The second-order valence-electron chi connectivity index (χ2n) is 13.6. The first-order valence-electron chi connectivity index (χ1n) is 17.4. The third kappa shape index (κ3) is 9.58. The van der Waals surface area contributed by atoms with E-state index in [4.69, 9.17) is 9.72 Å². The molecule has 0 saturated carbocycles. The van der Waals surface area contributed by atoms with Crippen LogP contribution in [0.2, 0.25) is 0 Å². The maximum Gasteiger partial charge on any atom is 0.253 e. The fourth-order valence-corrected chi connectivity index (χ4v) is 6.07.